The second-order valence-corrected chi connectivity index (χ2v) is 7.36. The smallest absolute Gasteiger partial charge is 0.417 e. The predicted molar refractivity (Wildman–Crippen MR) is 96.0 cm³/mol. The van der Waals surface area contributed by atoms with Crippen molar-refractivity contribution in [2.75, 3.05) is 5.32 Å². The topological polar surface area (TPSA) is 85.8 Å². The Bertz CT molecular complexity index is 962. The van der Waals surface area contributed by atoms with Crippen molar-refractivity contribution in [2.45, 2.75) is 30.1 Å². The molecule has 28 heavy (non-hydrogen) atoms. The Morgan fingerprint density at radius 1 is 1.39 bits per heavy atom. The Labute approximate surface area is 166 Å². The Morgan fingerprint density at radius 3 is 2.86 bits per heavy atom. The minimum Gasteiger partial charge on any atom is -0.467 e. The standard InChI is InChI=1S/C16H13ClF3N5O2S/c1-9(28-15-22-23-24-25(15)8-11-3-2-6-27-11)14(26)21-10-4-5-13(17)12(7-10)16(18,19)20/h2-7,9H,8H2,1H3,(H,21,26). The van der Waals surface area contributed by atoms with E-state index >= 15 is 0 Å². The highest BCUT2D eigenvalue weighted by Crippen LogP contribution is 2.36. The molecule has 2 aromatic heterocycles. The van der Waals surface area contributed by atoms with E-state index in [9.17, 15) is 18.0 Å². The lowest BCUT2D eigenvalue weighted by Crippen LogP contribution is -2.23. The summed E-state index contributed by atoms with van der Waals surface area (Å²) in [4.78, 5) is 12.4. The van der Waals surface area contributed by atoms with Gasteiger partial charge in [-0.05, 0) is 47.7 Å². The van der Waals surface area contributed by atoms with Gasteiger partial charge in [0.2, 0.25) is 11.1 Å². The number of thioether (sulfide) groups is 1. The zero-order chi connectivity index (χ0) is 20.3. The Balaban J connectivity index is 1.67. The van der Waals surface area contributed by atoms with E-state index in [2.05, 4.69) is 20.8 Å². The van der Waals surface area contributed by atoms with Gasteiger partial charge in [-0.1, -0.05) is 23.4 Å². The fraction of sp³-hybridized carbons (Fsp3) is 0.250. The molecule has 3 aromatic rings. The first-order chi connectivity index (χ1) is 13.2. The first-order valence-electron chi connectivity index (χ1n) is 7.87. The molecule has 1 unspecified atom stereocenters. The van der Waals surface area contributed by atoms with E-state index in [0.29, 0.717) is 10.9 Å². The van der Waals surface area contributed by atoms with Gasteiger partial charge in [0.15, 0.2) is 0 Å². The summed E-state index contributed by atoms with van der Waals surface area (Å²) in [5.41, 5.74) is -1.03. The summed E-state index contributed by atoms with van der Waals surface area (Å²) in [6.07, 6.45) is -3.10. The molecule has 1 N–H and O–H groups in total. The number of nitrogens with one attached hydrogen (secondary N) is 1. The van der Waals surface area contributed by atoms with Crippen LogP contribution >= 0.6 is 23.4 Å². The number of hydrogen-bond donors (Lipinski definition) is 1. The molecule has 0 saturated carbocycles. The van der Waals surface area contributed by atoms with Gasteiger partial charge in [-0.25, -0.2) is 4.68 Å². The zero-order valence-corrected chi connectivity index (χ0v) is 15.8. The fourth-order valence-corrected chi connectivity index (χ4v) is 3.22. The summed E-state index contributed by atoms with van der Waals surface area (Å²) in [5, 5.41) is 13.0. The number of nitrogens with zero attached hydrogens (tertiary/aromatic N) is 4. The summed E-state index contributed by atoms with van der Waals surface area (Å²) in [6.45, 7) is 1.87. The average molecular weight is 432 g/mol. The molecule has 2 heterocycles. The number of carbonyl (C=O) groups is 1. The van der Waals surface area contributed by atoms with Gasteiger partial charge in [-0.2, -0.15) is 13.2 Å². The normalized spacial score (nSPS) is 12.8. The molecule has 0 bridgehead atoms. The summed E-state index contributed by atoms with van der Waals surface area (Å²) in [6, 6.07) is 6.66. The van der Waals surface area contributed by atoms with Crippen LogP contribution in [0.4, 0.5) is 18.9 Å². The SMILES string of the molecule is CC(Sc1nnnn1Cc1ccco1)C(=O)Nc1ccc(Cl)c(C(F)(F)F)c1. The summed E-state index contributed by atoms with van der Waals surface area (Å²) in [5.74, 6) is 0.125. The van der Waals surface area contributed by atoms with E-state index in [1.165, 1.54) is 17.0 Å². The molecular weight excluding hydrogens is 419 g/mol. The lowest BCUT2D eigenvalue weighted by molar-refractivity contribution is -0.137. The second kappa shape index (κ2) is 8.23. The van der Waals surface area contributed by atoms with Crippen molar-refractivity contribution in [3.05, 3.63) is 52.9 Å². The number of benzene rings is 1. The highest BCUT2D eigenvalue weighted by molar-refractivity contribution is 8.00. The molecule has 148 valence electrons. The number of carbonyl (C=O) groups excluding carboxylic acids is 1. The third-order valence-electron chi connectivity index (χ3n) is 3.58. The van der Waals surface area contributed by atoms with Crippen LogP contribution in [0.1, 0.15) is 18.2 Å². The highest BCUT2D eigenvalue weighted by atomic mass is 35.5. The van der Waals surface area contributed by atoms with Crippen molar-refractivity contribution in [3.8, 4) is 0 Å². The minimum atomic E-state index is -4.62. The minimum absolute atomic E-state index is 0.00986. The van der Waals surface area contributed by atoms with E-state index in [-0.39, 0.29) is 12.2 Å². The molecule has 1 amide bonds. The molecule has 0 radical (unpaired) electrons. The zero-order valence-electron chi connectivity index (χ0n) is 14.3. The number of furan rings is 1. The number of halogens is 4. The number of aromatic nitrogens is 4. The fourth-order valence-electron chi connectivity index (χ4n) is 2.21. The van der Waals surface area contributed by atoms with Crippen LogP contribution in [-0.4, -0.2) is 31.4 Å². The molecule has 0 saturated heterocycles. The van der Waals surface area contributed by atoms with Gasteiger partial charge in [0.25, 0.3) is 0 Å². The largest absolute Gasteiger partial charge is 0.467 e. The number of alkyl halides is 3. The van der Waals surface area contributed by atoms with Gasteiger partial charge in [-0.3, -0.25) is 4.79 Å². The molecule has 1 aromatic carbocycles. The summed E-state index contributed by atoms with van der Waals surface area (Å²) in [7, 11) is 0. The molecule has 3 rings (SSSR count). The Kier molecular flexibility index (Phi) is 5.94. The Morgan fingerprint density at radius 2 is 2.18 bits per heavy atom. The molecule has 1 atom stereocenters. The number of tetrazole rings is 1. The maximum absolute atomic E-state index is 12.9. The first-order valence-corrected chi connectivity index (χ1v) is 9.12. The maximum atomic E-state index is 12.9. The van der Waals surface area contributed by atoms with Crippen LogP contribution in [0.5, 0.6) is 0 Å². The van der Waals surface area contributed by atoms with Crippen LogP contribution < -0.4 is 5.32 Å². The third kappa shape index (κ3) is 4.84. The van der Waals surface area contributed by atoms with Crippen LogP contribution in [0.15, 0.2) is 46.2 Å². The number of amides is 1. The van der Waals surface area contributed by atoms with Gasteiger partial charge in [0.1, 0.15) is 12.3 Å². The van der Waals surface area contributed by atoms with Crippen LogP contribution in [0, 0.1) is 0 Å². The molecule has 0 aliphatic heterocycles. The number of rotatable bonds is 6. The molecule has 0 spiro atoms. The monoisotopic (exact) mass is 431 g/mol. The van der Waals surface area contributed by atoms with Gasteiger partial charge in [-0.15, -0.1) is 5.10 Å². The van der Waals surface area contributed by atoms with E-state index < -0.39 is 27.9 Å². The van der Waals surface area contributed by atoms with E-state index in [1.807, 2.05) is 0 Å². The van der Waals surface area contributed by atoms with Gasteiger partial charge >= 0.3 is 6.18 Å². The maximum Gasteiger partial charge on any atom is 0.417 e. The number of hydrogen-bond acceptors (Lipinski definition) is 6. The molecule has 7 nitrogen and oxygen atoms in total. The van der Waals surface area contributed by atoms with E-state index in [1.54, 1.807) is 19.1 Å². The molecular formula is C16H13ClF3N5O2S. The summed E-state index contributed by atoms with van der Waals surface area (Å²) < 4.78 is 45.5. The van der Waals surface area contributed by atoms with Crippen LogP contribution in [-0.2, 0) is 17.5 Å². The van der Waals surface area contributed by atoms with Crippen molar-refractivity contribution >= 4 is 35.0 Å². The van der Waals surface area contributed by atoms with Crippen molar-refractivity contribution in [1.29, 1.82) is 0 Å². The van der Waals surface area contributed by atoms with Crippen molar-refractivity contribution in [3.63, 3.8) is 0 Å². The van der Waals surface area contributed by atoms with Crippen LogP contribution in [0.25, 0.3) is 0 Å². The molecule has 0 fully saturated rings. The van der Waals surface area contributed by atoms with Crippen molar-refractivity contribution in [1.82, 2.24) is 20.2 Å². The van der Waals surface area contributed by atoms with Gasteiger partial charge in [0, 0.05) is 5.69 Å². The van der Waals surface area contributed by atoms with Gasteiger partial charge < -0.3 is 9.73 Å². The van der Waals surface area contributed by atoms with Crippen molar-refractivity contribution in [2.24, 2.45) is 0 Å². The quantitative estimate of drug-likeness (QED) is 0.591. The van der Waals surface area contributed by atoms with Crippen LogP contribution in [0.2, 0.25) is 5.02 Å². The lowest BCUT2D eigenvalue weighted by atomic mass is 10.2. The molecule has 0 aliphatic carbocycles. The van der Waals surface area contributed by atoms with E-state index in [4.69, 9.17) is 16.0 Å². The first kappa shape index (κ1) is 20.2. The average Bonchev–Trinajstić information content (AvgIpc) is 3.28. The Hall–Kier alpha value is -2.53. The highest BCUT2D eigenvalue weighted by Gasteiger charge is 2.33. The second-order valence-electron chi connectivity index (χ2n) is 5.64. The third-order valence-corrected chi connectivity index (χ3v) is 4.98. The van der Waals surface area contributed by atoms with Crippen LogP contribution in [0.3, 0.4) is 0 Å². The lowest BCUT2D eigenvalue weighted by Gasteiger charge is -2.14. The predicted octanol–water partition coefficient (Wildman–Crippen LogP) is 4.11. The van der Waals surface area contributed by atoms with E-state index in [0.717, 1.165) is 23.9 Å². The van der Waals surface area contributed by atoms with Gasteiger partial charge in [0.05, 0.1) is 22.1 Å². The number of anilines is 1. The molecule has 0 aliphatic rings. The molecule has 12 heteroatoms. The summed E-state index contributed by atoms with van der Waals surface area (Å²) >= 11 is 6.64. The van der Waals surface area contributed by atoms with Crippen molar-refractivity contribution < 1.29 is 22.4 Å².